The summed E-state index contributed by atoms with van der Waals surface area (Å²) in [5.74, 6) is 0. The van der Waals surface area contributed by atoms with E-state index >= 15 is 0 Å². The van der Waals surface area contributed by atoms with Crippen molar-refractivity contribution in [3.05, 3.63) is 12.7 Å². The third-order valence-corrected chi connectivity index (χ3v) is 2.44. The molecule has 0 aromatic carbocycles. The molecule has 0 aromatic rings. The summed E-state index contributed by atoms with van der Waals surface area (Å²) in [4.78, 5) is 1.72. The first-order valence-electron chi connectivity index (χ1n) is 4.79. The zero-order chi connectivity index (χ0) is 10.8. The molecular formula is C10H17F2NO. The molecule has 1 saturated heterocycles. The third-order valence-electron chi connectivity index (χ3n) is 2.44. The van der Waals surface area contributed by atoms with Gasteiger partial charge in [0.05, 0.1) is 13.2 Å². The normalized spacial score (nSPS) is 35.6. The van der Waals surface area contributed by atoms with E-state index in [1.54, 1.807) is 4.90 Å². The van der Waals surface area contributed by atoms with E-state index in [1.165, 1.54) is 6.08 Å². The Hall–Kier alpha value is -0.480. The lowest BCUT2D eigenvalue weighted by atomic mass is 10.1. The maximum atomic E-state index is 13.9. The number of halogens is 2. The van der Waals surface area contributed by atoms with Crippen molar-refractivity contribution in [3.63, 3.8) is 0 Å². The first-order valence-corrected chi connectivity index (χ1v) is 4.79. The highest BCUT2D eigenvalue weighted by Gasteiger charge is 2.35. The van der Waals surface area contributed by atoms with E-state index in [4.69, 9.17) is 4.74 Å². The second-order valence-electron chi connectivity index (χ2n) is 3.98. The van der Waals surface area contributed by atoms with Gasteiger partial charge in [-0.2, -0.15) is 0 Å². The lowest BCUT2D eigenvalue weighted by molar-refractivity contribution is -0.0574. The Labute approximate surface area is 83.5 Å². The van der Waals surface area contributed by atoms with Crippen LogP contribution in [0.5, 0.6) is 0 Å². The minimum absolute atomic E-state index is 0.102. The van der Waals surface area contributed by atoms with Crippen LogP contribution in [0.1, 0.15) is 13.8 Å². The summed E-state index contributed by atoms with van der Waals surface area (Å²) in [6, 6.07) is 0.102. The van der Waals surface area contributed by atoms with Gasteiger partial charge in [-0.1, -0.05) is 12.7 Å². The molecule has 2 atom stereocenters. The number of hydrogen-bond acceptors (Lipinski definition) is 2. The van der Waals surface area contributed by atoms with Crippen molar-refractivity contribution < 1.29 is 13.5 Å². The van der Waals surface area contributed by atoms with Crippen LogP contribution in [0.4, 0.5) is 8.78 Å². The molecule has 2 nitrogen and oxygen atoms in total. The summed E-state index contributed by atoms with van der Waals surface area (Å²) in [5, 5.41) is 0. The van der Waals surface area contributed by atoms with Gasteiger partial charge in [0.1, 0.15) is 0 Å². The SMILES string of the molecule is C=C[C@]1(F)CO[C@H](F)CN(C(C)C)C1. The zero-order valence-corrected chi connectivity index (χ0v) is 8.67. The highest BCUT2D eigenvalue weighted by atomic mass is 19.2. The molecule has 1 heterocycles. The summed E-state index contributed by atoms with van der Waals surface area (Å²) in [7, 11) is 0. The van der Waals surface area contributed by atoms with Gasteiger partial charge in [-0.3, -0.25) is 4.90 Å². The van der Waals surface area contributed by atoms with E-state index in [9.17, 15) is 8.78 Å². The van der Waals surface area contributed by atoms with Gasteiger partial charge in [0.25, 0.3) is 0 Å². The van der Waals surface area contributed by atoms with Crippen molar-refractivity contribution in [2.75, 3.05) is 19.7 Å². The van der Waals surface area contributed by atoms with Crippen molar-refractivity contribution in [2.24, 2.45) is 0 Å². The molecule has 1 rings (SSSR count). The average Bonchev–Trinajstić information content (AvgIpc) is 2.27. The van der Waals surface area contributed by atoms with Crippen LogP contribution in [0.3, 0.4) is 0 Å². The molecule has 0 aliphatic carbocycles. The topological polar surface area (TPSA) is 12.5 Å². The maximum absolute atomic E-state index is 13.9. The molecule has 1 aliphatic heterocycles. The number of nitrogens with zero attached hydrogens (tertiary/aromatic N) is 1. The van der Waals surface area contributed by atoms with Crippen molar-refractivity contribution in [1.29, 1.82) is 0 Å². The van der Waals surface area contributed by atoms with Gasteiger partial charge in [-0.25, -0.2) is 8.78 Å². The van der Waals surface area contributed by atoms with Gasteiger partial charge < -0.3 is 4.74 Å². The first-order chi connectivity index (χ1) is 6.47. The predicted molar refractivity (Wildman–Crippen MR) is 51.6 cm³/mol. The van der Waals surface area contributed by atoms with Crippen LogP contribution in [0.2, 0.25) is 0 Å². The van der Waals surface area contributed by atoms with Crippen LogP contribution >= 0.6 is 0 Å². The zero-order valence-electron chi connectivity index (χ0n) is 8.67. The van der Waals surface area contributed by atoms with Crippen molar-refractivity contribution in [2.45, 2.75) is 31.9 Å². The number of rotatable bonds is 2. The van der Waals surface area contributed by atoms with Gasteiger partial charge in [0.15, 0.2) is 5.67 Å². The Balaban J connectivity index is 2.73. The quantitative estimate of drug-likeness (QED) is 0.638. The standard InChI is InChI=1S/C10H17F2NO/c1-4-10(12)6-13(8(2)3)5-9(11)14-7-10/h4,8-9H,1,5-7H2,2-3H3/t9-,10+/m0/s1. The van der Waals surface area contributed by atoms with E-state index in [1.807, 2.05) is 13.8 Å². The van der Waals surface area contributed by atoms with Gasteiger partial charge in [-0.05, 0) is 13.8 Å². The smallest absolute Gasteiger partial charge is 0.211 e. The highest BCUT2D eigenvalue weighted by Crippen LogP contribution is 2.22. The lowest BCUT2D eigenvalue weighted by Gasteiger charge is -2.28. The molecule has 0 N–H and O–H groups in total. The molecule has 0 radical (unpaired) electrons. The van der Waals surface area contributed by atoms with Crippen molar-refractivity contribution in [1.82, 2.24) is 4.90 Å². The maximum Gasteiger partial charge on any atom is 0.211 e. The molecule has 14 heavy (non-hydrogen) atoms. The summed E-state index contributed by atoms with van der Waals surface area (Å²) in [5.41, 5.74) is -1.63. The Morgan fingerprint density at radius 3 is 2.79 bits per heavy atom. The number of ether oxygens (including phenoxy) is 1. The molecule has 0 spiro atoms. The van der Waals surface area contributed by atoms with E-state index in [0.717, 1.165) is 0 Å². The van der Waals surface area contributed by atoms with Gasteiger partial charge in [0, 0.05) is 12.6 Å². The minimum Gasteiger partial charge on any atom is -0.343 e. The number of hydrogen-bond donors (Lipinski definition) is 0. The molecule has 1 fully saturated rings. The van der Waals surface area contributed by atoms with Crippen molar-refractivity contribution >= 4 is 0 Å². The first kappa shape index (κ1) is 11.6. The van der Waals surface area contributed by atoms with Gasteiger partial charge in [-0.15, -0.1) is 0 Å². The molecule has 1 aliphatic rings. The van der Waals surface area contributed by atoms with Gasteiger partial charge in [0.2, 0.25) is 6.36 Å². The monoisotopic (exact) mass is 205 g/mol. The summed E-state index contributed by atoms with van der Waals surface area (Å²) in [6.07, 6.45) is -0.213. The van der Waals surface area contributed by atoms with Crippen LogP contribution in [-0.4, -0.2) is 42.7 Å². The second-order valence-corrected chi connectivity index (χ2v) is 3.98. The molecule has 82 valence electrons. The summed E-state index contributed by atoms with van der Waals surface area (Å²) < 4.78 is 31.7. The fourth-order valence-electron chi connectivity index (χ4n) is 1.43. The van der Waals surface area contributed by atoms with Crippen LogP contribution in [0.25, 0.3) is 0 Å². The lowest BCUT2D eigenvalue weighted by Crippen LogP contribution is -2.42. The van der Waals surface area contributed by atoms with E-state index in [-0.39, 0.29) is 25.7 Å². The molecular weight excluding hydrogens is 188 g/mol. The van der Waals surface area contributed by atoms with Crippen LogP contribution in [0.15, 0.2) is 12.7 Å². The predicted octanol–water partition coefficient (Wildman–Crippen LogP) is 1.92. The Kier molecular flexibility index (Phi) is 3.61. The van der Waals surface area contributed by atoms with E-state index in [0.29, 0.717) is 0 Å². The van der Waals surface area contributed by atoms with E-state index in [2.05, 4.69) is 6.58 Å². The molecule has 0 saturated carbocycles. The average molecular weight is 205 g/mol. The molecule has 0 aromatic heterocycles. The highest BCUT2D eigenvalue weighted by molar-refractivity contribution is 5.00. The summed E-state index contributed by atoms with van der Waals surface area (Å²) in [6.45, 7) is 7.24. The number of alkyl halides is 2. The Morgan fingerprint density at radius 2 is 2.29 bits per heavy atom. The van der Waals surface area contributed by atoms with Crippen molar-refractivity contribution in [3.8, 4) is 0 Å². The Bertz CT molecular complexity index is 210. The summed E-state index contributed by atoms with van der Waals surface area (Å²) >= 11 is 0. The largest absolute Gasteiger partial charge is 0.343 e. The van der Waals surface area contributed by atoms with Crippen LogP contribution in [0, 0.1) is 0 Å². The van der Waals surface area contributed by atoms with Crippen LogP contribution in [-0.2, 0) is 4.74 Å². The van der Waals surface area contributed by atoms with E-state index < -0.39 is 12.0 Å². The fourth-order valence-corrected chi connectivity index (χ4v) is 1.43. The van der Waals surface area contributed by atoms with Gasteiger partial charge >= 0.3 is 0 Å². The second kappa shape index (κ2) is 4.36. The molecule has 0 amide bonds. The van der Waals surface area contributed by atoms with Crippen LogP contribution < -0.4 is 0 Å². The molecule has 4 heteroatoms. The third kappa shape index (κ3) is 2.75. The molecule has 0 bridgehead atoms. The Morgan fingerprint density at radius 1 is 1.64 bits per heavy atom. The molecule has 0 unspecified atom stereocenters. The minimum atomic E-state index is -1.63. The fraction of sp³-hybridized carbons (Fsp3) is 0.800.